The lowest BCUT2D eigenvalue weighted by atomic mass is 9.93. The minimum Gasteiger partial charge on any atom is -0.385 e. The monoisotopic (exact) mass is 165 g/mol. The van der Waals surface area contributed by atoms with Crippen LogP contribution in [-0.4, -0.2) is 6.54 Å². The van der Waals surface area contributed by atoms with Gasteiger partial charge in [-0.15, -0.1) is 0 Å². The average Bonchev–Trinajstić information content (AvgIpc) is 2.04. The minimum absolute atomic E-state index is 0.157. The van der Waals surface area contributed by atoms with Crippen molar-refractivity contribution in [2.75, 3.05) is 11.9 Å². The van der Waals surface area contributed by atoms with E-state index >= 15 is 0 Å². The van der Waals surface area contributed by atoms with Crippen molar-refractivity contribution in [1.29, 1.82) is 0 Å². The summed E-state index contributed by atoms with van der Waals surface area (Å²) >= 11 is 0. The highest BCUT2D eigenvalue weighted by molar-refractivity contribution is 5.54. The Morgan fingerprint density at radius 2 is 2.33 bits per heavy atom. The summed E-state index contributed by atoms with van der Waals surface area (Å²) in [5, 5.41) is 3.19. The van der Waals surface area contributed by atoms with E-state index in [2.05, 4.69) is 12.2 Å². The lowest BCUT2D eigenvalue weighted by Gasteiger charge is -2.23. The fourth-order valence-electron chi connectivity index (χ4n) is 1.69. The third-order valence-corrected chi connectivity index (χ3v) is 2.44. The second-order valence-electron chi connectivity index (χ2n) is 3.35. The van der Waals surface area contributed by atoms with E-state index in [4.69, 9.17) is 0 Å². The molecule has 64 valence electrons. The van der Waals surface area contributed by atoms with Crippen LogP contribution in [0.15, 0.2) is 18.2 Å². The van der Waals surface area contributed by atoms with Gasteiger partial charge >= 0.3 is 0 Å². The maximum absolute atomic E-state index is 12.8. The molecule has 0 aromatic heterocycles. The lowest BCUT2D eigenvalue weighted by Crippen LogP contribution is -2.14. The number of hydrogen-bond acceptors (Lipinski definition) is 1. The molecule has 0 aliphatic carbocycles. The second-order valence-corrected chi connectivity index (χ2v) is 3.35. The van der Waals surface area contributed by atoms with Gasteiger partial charge in [0.1, 0.15) is 5.82 Å². The third-order valence-electron chi connectivity index (χ3n) is 2.44. The zero-order valence-electron chi connectivity index (χ0n) is 7.10. The molecule has 1 aromatic rings. The van der Waals surface area contributed by atoms with Crippen molar-refractivity contribution in [3.63, 3.8) is 0 Å². The first kappa shape index (κ1) is 7.59. The molecule has 0 fully saturated rings. The van der Waals surface area contributed by atoms with Gasteiger partial charge in [0, 0.05) is 12.2 Å². The van der Waals surface area contributed by atoms with Crippen LogP contribution in [0.4, 0.5) is 10.1 Å². The second kappa shape index (κ2) is 2.77. The number of hydrogen-bond donors (Lipinski definition) is 1. The van der Waals surface area contributed by atoms with Crippen molar-refractivity contribution in [2.24, 2.45) is 0 Å². The van der Waals surface area contributed by atoms with Crippen molar-refractivity contribution in [1.82, 2.24) is 0 Å². The van der Waals surface area contributed by atoms with Crippen LogP contribution >= 0.6 is 0 Å². The third kappa shape index (κ3) is 1.17. The molecule has 0 saturated carbocycles. The number of rotatable bonds is 0. The van der Waals surface area contributed by atoms with E-state index in [1.807, 2.05) is 6.07 Å². The Morgan fingerprint density at radius 1 is 1.50 bits per heavy atom. The molecule has 0 unspecified atom stereocenters. The Morgan fingerprint density at radius 3 is 3.17 bits per heavy atom. The first-order chi connectivity index (χ1) is 5.77. The van der Waals surface area contributed by atoms with Crippen molar-refractivity contribution in [2.45, 2.75) is 19.3 Å². The Kier molecular flexibility index (Phi) is 1.75. The van der Waals surface area contributed by atoms with Crippen LogP contribution in [0.5, 0.6) is 0 Å². The zero-order chi connectivity index (χ0) is 8.55. The quantitative estimate of drug-likeness (QED) is 0.623. The van der Waals surface area contributed by atoms with Crippen LogP contribution in [0.1, 0.15) is 24.8 Å². The van der Waals surface area contributed by atoms with Crippen LogP contribution in [-0.2, 0) is 0 Å². The lowest BCUT2D eigenvalue weighted by molar-refractivity contribution is 0.621. The van der Waals surface area contributed by atoms with Crippen molar-refractivity contribution in [3.8, 4) is 0 Å². The van der Waals surface area contributed by atoms with Crippen molar-refractivity contribution >= 4 is 5.69 Å². The van der Waals surface area contributed by atoms with E-state index in [1.165, 1.54) is 11.6 Å². The average molecular weight is 165 g/mol. The first-order valence-corrected chi connectivity index (χ1v) is 4.30. The van der Waals surface area contributed by atoms with E-state index in [0.29, 0.717) is 5.92 Å². The highest BCUT2D eigenvalue weighted by atomic mass is 19.1. The smallest absolute Gasteiger partial charge is 0.125 e. The minimum atomic E-state index is -0.157. The maximum atomic E-state index is 12.8. The van der Waals surface area contributed by atoms with Gasteiger partial charge in [-0.25, -0.2) is 4.39 Å². The van der Waals surface area contributed by atoms with Crippen LogP contribution in [0.25, 0.3) is 0 Å². The number of fused-ring (bicyclic) bond motifs is 1. The predicted octanol–water partition coefficient (Wildman–Crippen LogP) is 2.74. The summed E-state index contributed by atoms with van der Waals surface area (Å²) in [7, 11) is 0. The van der Waals surface area contributed by atoms with E-state index in [9.17, 15) is 4.39 Å². The van der Waals surface area contributed by atoms with Gasteiger partial charge in [-0.05, 0) is 30.0 Å². The van der Waals surface area contributed by atoms with Crippen molar-refractivity contribution < 1.29 is 4.39 Å². The number of halogens is 1. The van der Waals surface area contributed by atoms with Gasteiger partial charge in [-0.2, -0.15) is 0 Å². The molecule has 1 nitrogen and oxygen atoms in total. The van der Waals surface area contributed by atoms with Gasteiger partial charge in [-0.3, -0.25) is 0 Å². The molecule has 2 heteroatoms. The van der Waals surface area contributed by atoms with Gasteiger partial charge in [-0.1, -0.05) is 13.0 Å². The molecule has 0 radical (unpaired) electrons. The fourth-order valence-corrected chi connectivity index (χ4v) is 1.69. The maximum Gasteiger partial charge on any atom is 0.125 e. The van der Waals surface area contributed by atoms with Gasteiger partial charge in [0.2, 0.25) is 0 Å². The number of nitrogens with one attached hydrogen (secondary N) is 1. The largest absolute Gasteiger partial charge is 0.385 e. The van der Waals surface area contributed by atoms with E-state index in [-0.39, 0.29) is 5.82 Å². The van der Waals surface area contributed by atoms with Crippen LogP contribution in [0.2, 0.25) is 0 Å². The molecule has 2 rings (SSSR count). The molecule has 12 heavy (non-hydrogen) atoms. The molecule has 1 heterocycles. The van der Waals surface area contributed by atoms with E-state index < -0.39 is 0 Å². The summed E-state index contributed by atoms with van der Waals surface area (Å²) in [6.45, 7) is 3.13. The first-order valence-electron chi connectivity index (χ1n) is 4.30. The Balaban J connectivity index is 2.46. The normalized spacial score (nSPS) is 21.3. The predicted molar refractivity (Wildman–Crippen MR) is 47.9 cm³/mol. The van der Waals surface area contributed by atoms with Gasteiger partial charge < -0.3 is 5.32 Å². The summed E-state index contributed by atoms with van der Waals surface area (Å²) in [4.78, 5) is 0. The zero-order valence-corrected chi connectivity index (χ0v) is 7.10. The Bertz CT molecular complexity index is 296. The Hall–Kier alpha value is -1.05. The summed E-state index contributed by atoms with van der Waals surface area (Å²) < 4.78 is 12.8. The molecular weight excluding hydrogens is 153 g/mol. The van der Waals surface area contributed by atoms with Gasteiger partial charge in [0.05, 0.1) is 0 Å². The molecule has 0 saturated heterocycles. The highest BCUT2D eigenvalue weighted by Gasteiger charge is 2.15. The highest BCUT2D eigenvalue weighted by Crippen LogP contribution is 2.31. The molecule has 1 N–H and O–H groups in total. The number of benzene rings is 1. The standard InChI is InChI=1S/C10H12FN/c1-7-4-5-12-10-6-8(11)2-3-9(7)10/h2-3,6-7,12H,4-5H2,1H3/t7-/m0/s1. The summed E-state index contributed by atoms with van der Waals surface area (Å²) in [6, 6.07) is 4.98. The van der Waals surface area contributed by atoms with Gasteiger partial charge in [0.15, 0.2) is 0 Å². The molecule has 1 atom stereocenters. The Labute approximate surface area is 71.6 Å². The van der Waals surface area contributed by atoms with E-state index in [1.54, 1.807) is 6.07 Å². The molecule has 1 aromatic carbocycles. The van der Waals surface area contributed by atoms with Crippen LogP contribution < -0.4 is 5.32 Å². The molecule has 0 spiro atoms. The van der Waals surface area contributed by atoms with E-state index in [0.717, 1.165) is 18.7 Å². The topological polar surface area (TPSA) is 12.0 Å². The molecule has 0 bridgehead atoms. The molecule has 1 aliphatic rings. The van der Waals surface area contributed by atoms with Gasteiger partial charge in [0.25, 0.3) is 0 Å². The van der Waals surface area contributed by atoms with Crippen molar-refractivity contribution in [3.05, 3.63) is 29.6 Å². The SMILES string of the molecule is C[C@H]1CCNc2cc(F)ccc21. The summed E-state index contributed by atoms with van der Waals surface area (Å²) in [6.07, 6.45) is 1.14. The number of anilines is 1. The molecule has 0 amide bonds. The molecule has 1 aliphatic heterocycles. The van der Waals surface area contributed by atoms with Crippen LogP contribution in [0, 0.1) is 5.82 Å². The summed E-state index contributed by atoms with van der Waals surface area (Å²) in [5.41, 5.74) is 2.20. The molecular formula is C10H12FN. The fraction of sp³-hybridized carbons (Fsp3) is 0.400. The summed E-state index contributed by atoms with van der Waals surface area (Å²) in [5.74, 6) is 0.400. The van der Waals surface area contributed by atoms with Crippen LogP contribution in [0.3, 0.4) is 0 Å².